The molecule has 6 rings (SSSR count). The van der Waals surface area contributed by atoms with Crippen molar-refractivity contribution in [1.29, 1.82) is 0 Å². The van der Waals surface area contributed by atoms with Crippen LogP contribution >= 0.6 is 0 Å². The maximum atomic E-state index is 14.6. The summed E-state index contributed by atoms with van der Waals surface area (Å²) in [7, 11) is -6.40. The molecule has 1 saturated carbocycles. The Morgan fingerprint density at radius 1 is 0.773 bits per heavy atom. The smallest absolute Gasteiger partial charge is 0.243 e. The molecule has 0 N–H and O–H groups in total. The zero-order valence-electron chi connectivity index (χ0n) is 24.8. The number of piperazine rings is 1. The van der Waals surface area contributed by atoms with Gasteiger partial charge in [0, 0.05) is 49.4 Å². The Morgan fingerprint density at radius 3 is 1.93 bits per heavy atom. The SMILES string of the molecule is COc1cc(F)c(N2CCN(S(=O)(=O)c3ccc4c(c3)C(=O)c3cc(S(=O)(=O)C5CCC(C)(C)CC5)ccc3-4)CC2)cc1F. The van der Waals surface area contributed by atoms with Gasteiger partial charge >= 0.3 is 0 Å². The molecule has 3 aliphatic rings. The number of benzene rings is 3. The predicted molar refractivity (Wildman–Crippen MR) is 162 cm³/mol. The first kappa shape index (κ1) is 30.7. The van der Waals surface area contributed by atoms with E-state index in [4.69, 9.17) is 4.74 Å². The molecular formula is C32H34F2N2O6S2. The average Bonchev–Trinajstić information content (AvgIpc) is 3.28. The van der Waals surface area contributed by atoms with Crippen molar-refractivity contribution in [2.24, 2.45) is 5.41 Å². The number of carbonyl (C=O) groups is 1. The predicted octanol–water partition coefficient (Wildman–Crippen LogP) is 5.44. The molecule has 0 spiro atoms. The van der Waals surface area contributed by atoms with E-state index in [1.165, 1.54) is 35.7 Å². The van der Waals surface area contributed by atoms with Gasteiger partial charge in [-0.15, -0.1) is 0 Å². The van der Waals surface area contributed by atoms with E-state index in [1.807, 2.05) is 0 Å². The Bertz CT molecular complexity index is 1870. The summed E-state index contributed by atoms with van der Waals surface area (Å²) >= 11 is 0. The van der Waals surface area contributed by atoms with Crippen LogP contribution < -0.4 is 9.64 Å². The number of sulfone groups is 1. The molecule has 0 bridgehead atoms. The highest BCUT2D eigenvalue weighted by Gasteiger charge is 2.37. The van der Waals surface area contributed by atoms with Gasteiger partial charge in [-0.2, -0.15) is 4.31 Å². The minimum atomic E-state index is -4.01. The summed E-state index contributed by atoms with van der Waals surface area (Å²) in [4.78, 5) is 15.1. The van der Waals surface area contributed by atoms with Crippen molar-refractivity contribution >= 4 is 31.3 Å². The monoisotopic (exact) mass is 644 g/mol. The van der Waals surface area contributed by atoms with Crippen molar-refractivity contribution in [3.63, 3.8) is 0 Å². The van der Waals surface area contributed by atoms with E-state index in [2.05, 4.69) is 13.8 Å². The lowest BCUT2D eigenvalue weighted by molar-refractivity contribution is 0.104. The molecule has 1 heterocycles. The fraction of sp³-hybridized carbons (Fsp3) is 0.406. The van der Waals surface area contributed by atoms with Crippen LogP contribution in [0.3, 0.4) is 0 Å². The molecule has 0 amide bonds. The average molecular weight is 645 g/mol. The molecule has 8 nitrogen and oxygen atoms in total. The zero-order valence-corrected chi connectivity index (χ0v) is 26.4. The number of nitrogens with zero attached hydrogens (tertiary/aromatic N) is 2. The standard InChI is InChI=1S/C32H34F2N2O6S2/c1-32(2)10-8-20(9-11-32)43(38,39)21-4-6-23-24-7-5-22(17-26(24)31(37)25(23)16-21)44(40,41)36-14-12-35(13-15-36)29-18-28(34)30(42-3)19-27(29)33/h4-7,16-20H,8-15H2,1-3H3. The van der Waals surface area contributed by atoms with Crippen LogP contribution in [-0.2, 0) is 19.9 Å². The minimum Gasteiger partial charge on any atom is -0.494 e. The number of halogens is 2. The summed E-state index contributed by atoms with van der Waals surface area (Å²) in [6.07, 6.45) is 2.77. The Kier molecular flexibility index (Phi) is 7.61. The highest BCUT2D eigenvalue weighted by molar-refractivity contribution is 7.92. The molecule has 0 atom stereocenters. The van der Waals surface area contributed by atoms with Crippen molar-refractivity contribution in [3.05, 3.63) is 71.3 Å². The van der Waals surface area contributed by atoms with Gasteiger partial charge in [-0.1, -0.05) is 26.0 Å². The second kappa shape index (κ2) is 10.9. The first-order valence-electron chi connectivity index (χ1n) is 14.6. The van der Waals surface area contributed by atoms with Crippen LogP contribution in [0.15, 0.2) is 58.3 Å². The van der Waals surface area contributed by atoms with Crippen LogP contribution in [0.25, 0.3) is 11.1 Å². The number of methoxy groups -OCH3 is 1. The molecule has 234 valence electrons. The summed E-state index contributed by atoms with van der Waals surface area (Å²) in [6.45, 7) is 4.60. The summed E-state index contributed by atoms with van der Waals surface area (Å²) < 4.78 is 89.0. The number of ketones is 1. The lowest BCUT2D eigenvalue weighted by Crippen LogP contribution is -2.49. The van der Waals surface area contributed by atoms with E-state index >= 15 is 0 Å². The quantitative estimate of drug-likeness (QED) is 0.276. The number of ether oxygens (including phenoxy) is 1. The molecule has 2 fully saturated rings. The summed E-state index contributed by atoms with van der Waals surface area (Å²) in [5.74, 6) is -2.02. The lowest BCUT2D eigenvalue weighted by atomic mass is 9.77. The van der Waals surface area contributed by atoms with Gasteiger partial charge in [0.05, 0.1) is 27.8 Å². The van der Waals surface area contributed by atoms with Crippen LogP contribution in [-0.4, -0.2) is 65.5 Å². The van der Waals surface area contributed by atoms with Gasteiger partial charge in [0.15, 0.2) is 27.2 Å². The van der Waals surface area contributed by atoms with E-state index in [-0.39, 0.29) is 63.9 Å². The number of fused-ring (bicyclic) bond motifs is 3. The molecule has 0 radical (unpaired) electrons. The fourth-order valence-electron chi connectivity index (χ4n) is 6.49. The van der Waals surface area contributed by atoms with E-state index in [0.29, 0.717) is 24.0 Å². The molecule has 44 heavy (non-hydrogen) atoms. The van der Waals surface area contributed by atoms with Gasteiger partial charge < -0.3 is 9.64 Å². The first-order chi connectivity index (χ1) is 20.7. The number of rotatable bonds is 6. The van der Waals surface area contributed by atoms with Crippen LogP contribution in [0.4, 0.5) is 14.5 Å². The topological polar surface area (TPSA) is 101 Å². The Balaban J connectivity index is 1.20. The fourth-order valence-corrected chi connectivity index (χ4v) is 9.72. The van der Waals surface area contributed by atoms with E-state index in [0.717, 1.165) is 25.0 Å². The summed E-state index contributed by atoms with van der Waals surface area (Å²) in [5, 5.41) is -0.495. The molecule has 1 saturated heterocycles. The molecule has 3 aromatic carbocycles. The number of anilines is 1. The number of sulfonamides is 1. The van der Waals surface area contributed by atoms with Gasteiger partial charge in [0.25, 0.3) is 0 Å². The number of hydrogen-bond acceptors (Lipinski definition) is 7. The first-order valence-corrected chi connectivity index (χ1v) is 17.6. The Morgan fingerprint density at radius 2 is 1.34 bits per heavy atom. The molecule has 0 unspecified atom stereocenters. The van der Waals surface area contributed by atoms with Crippen LogP contribution in [0.5, 0.6) is 5.75 Å². The molecular weight excluding hydrogens is 610 g/mol. The third-order valence-electron chi connectivity index (χ3n) is 9.25. The molecule has 2 aliphatic carbocycles. The number of carbonyl (C=O) groups excluding carboxylic acids is 1. The van der Waals surface area contributed by atoms with Crippen molar-refractivity contribution in [3.8, 4) is 16.9 Å². The minimum absolute atomic E-state index is 0.0231. The van der Waals surface area contributed by atoms with Crippen molar-refractivity contribution in [2.75, 3.05) is 38.2 Å². The van der Waals surface area contributed by atoms with Gasteiger partial charge in [-0.3, -0.25) is 4.79 Å². The maximum absolute atomic E-state index is 14.6. The number of hydrogen-bond donors (Lipinski definition) is 0. The largest absolute Gasteiger partial charge is 0.494 e. The maximum Gasteiger partial charge on any atom is 0.243 e. The normalized spacial score (nSPS) is 19.1. The van der Waals surface area contributed by atoms with Crippen LogP contribution in [0.1, 0.15) is 55.5 Å². The van der Waals surface area contributed by atoms with Crippen molar-refractivity contribution < 1.29 is 35.1 Å². The molecule has 0 aromatic heterocycles. The van der Waals surface area contributed by atoms with Crippen molar-refractivity contribution in [1.82, 2.24) is 4.31 Å². The Hall–Kier alpha value is -3.35. The molecule has 3 aromatic rings. The van der Waals surface area contributed by atoms with Crippen molar-refractivity contribution in [2.45, 2.75) is 54.6 Å². The van der Waals surface area contributed by atoms with Gasteiger partial charge in [0.2, 0.25) is 10.0 Å². The zero-order chi connectivity index (χ0) is 31.6. The lowest BCUT2D eigenvalue weighted by Gasteiger charge is -2.35. The van der Waals surface area contributed by atoms with E-state index < -0.39 is 42.5 Å². The van der Waals surface area contributed by atoms with Gasteiger partial charge in [-0.25, -0.2) is 25.6 Å². The van der Waals surface area contributed by atoms with E-state index in [1.54, 1.807) is 17.0 Å². The van der Waals surface area contributed by atoms with Crippen LogP contribution in [0, 0.1) is 17.0 Å². The second-order valence-electron chi connectivity index (χ2n) is 12.5. The third-order valence-corrected chi connectivity index (χ3v) is 13.4. The van der Waals surface area contributed by atoms with Gasteiger partial charge in [-0.05, 0) is 66.5 Å². The Labute approximate surface area is 256 Å². The highest BCUT2D eigenvalue weighted by Crippen LogP contribution is 2.42. The molecule has 12 heteroatoms. The van der Waals surface area contributed by atoms with Gasteiger partial charge in [0.1, 0.15) is 5.82 Å². The molecule has 1 aliphatic heterocycles. The highest BCUT2D eigenvalue weighted by atomic mass is 32.2. The summed E-state index contributed by atoms with van der Waals surface area (Å²) in [6, 6.07) is 11.0. The third kappa shape index (κ3) is 5.20. The second-order valence-corrected chi connectivity index (χ2v) is 16.6. The van der Waals surface area contributed by atoms with E-state index in [9.17, 15) is 30.4 Å². The van der Waals surface area contributed by atoms with Crippen LogP contribution in [0.2, 0.25) is 0 Å². The summed E-state index contributed by atoms with van der Waals surface area (Å²) in [5.41, 5.74) is 1.70.